The van der Waals surface area contributed by atoms with Crippen molar-refractivity contribution in [2.24, 2.45) is 17.3 Å². The minimum absolute atomic E-state index is 0.0161. The second-order valence-electron chi connectivity index (χ2n) is 7.22. The maximum absolute atomic E-state index is 12.2. The molecule has 0 aromatic rings. The molecule has 22 heavy (non-hydrogen) atoms. The Kier molecular flexibility index (Phi) is 6.81. The summed E-state index contributed by atoms with van der Waals surface area (Å²) in [7, 11) is -2.06. The molecule has 0 bridgehead atoms. The Labute approximate surface area is 135 Å². The van der Waals surface area contributed by atoms with Crippen LogP contribution >= 0.6 is 0 Å². The first kappa shape index (κ1) is 19.4. The molecule has 1 fully saturated rings. The van der Waals surface area contributed by atoms with Gasteiger partial charge >= 0.3 is 0 Å². The van der Waals surface area contributed by atoms with Crippen LogP contribution in [0.5, 0.6) is 0 Å². The van der Waals surface area contributed by atoms with Crippen LogP contribution in [0, 0.1) is 28.6 Å². The number of nitrogens with one attached hydrogen (secondary N) is 1. The molecule has 128 valence electrons. The highest BCUT2D eigenvalue weighted by Gasteiger charge is 2.36. The predicted octanol–water partition coefficient (Wildman–Crippen LogP) is 1.75. The number of nitriles is 1. The van der Waals surface area contributed by atoms with Gasteiger partial charge in [-0.15, -0.1) is 0 Å². The number of nitrogens with zero attached hydrogens (tertiary/aromatic N) is 2. The number of hydrogen-bond donors (Lipinski definition) is 1. The molecule has 1 heterocycles. The third-order valence-electron chi connectivity index (χ3n) is 3.99. The molecule has 1 aliphatic heterocycles. The van der Waals surface area contributed by atoms with E-state index in [1.165, 1.54) is 11.4 Å². The molecule has 1 rings (SSSR count). The molecule has 6 nitrogen and oxygen atoms in total. The van der Waals surface area contributed by atoms with E-state index < -0.39 is 10.2 Å². The fourth-order valence-electron chi connectivity index (χ4n) is 2.86. The Balaban J connectivity index is 2.64. The zero-order valence-electron chi connectivity index (χ0n) is 14.3. The zero-order chi connectivity index (χ0) is 17.0. The molecular formula is C15H29N3O3S. The highest BCUT2D eigenvalue weighted by atomic mass is 32.2. The number of rotatable bonds is 6. The third-order valence-corrected chi connectivity index (χ3v) is 5.49. The summed E-state index contributed by atoms with van der Waals surface area (Å²) in [6.45, 7) is 9.36. The molecule has 0 saturated carbocycles. The molecule has 0 unspecified atom stereocenters. The molecule has 0 spiro atoms. The van der Waals surface area contributed by atoms with Crippen LogP contribution in [0.4, 0.5) is 0 Å². The van der Waals surface area contributed by atoms with E-state index in [4.69, 9.17) is 10.00 Å². The van der Waals surface area contributed by atoms with E-state index in [1.807, 2.05) is 6.07 Å². The maximum atomic E-state index is 12.2. The predicted molar refractivity (Wildman–Crippen MR) is 86.2 cm³/mol. The van der Waals surface area contributed by atoms with Gasteiger partial charge in [-0.05, 0) is 31.1 Å². The van der Waals surface area contributed by atoms with Crippen LogP contribution in [0.25, 0.3) is 0 Å². The summed E-state index contributed by atoms with van der Waals surface area (Å²) in [5, 5.41) is 8.80. The Morgan fingerprint density at radius 2 is 2.09 bits per heavy atom. The summed E-state index contributed by atoms with van der Waals surface area (Å²) in [5.74, 6) is -0.160. The molecule has 0 aromatic heterocycles. The number of ether oxygens (including phenoxy) is 1. The normalized spacial score (nSPS) is 25.0. The van der Waals surface area contributed by atoms with Gasteiger partial charge in [0.2, 0.25) is 0 Å². The van der Waals surface area contributed by atoms with Gasteiger partial charge in [0.25, 0.3) is 10.2 Å². The quantitative estimate of drug-likeness (QED) is 0.804. The maximum Gasteiger partial charge on any atom is 0.279 e. The number of hydrogen-bond acceptors (Lipinski definition) is 4. The van der Waals surface area contributed by atoms with Crippen molar-refractivity contribution in [1.82, 2.24) is 9.03 Å². The van der Waals surface area contributed by atoms with Crippen molar-refractivity contribution in [3.8, 4) is 6.07 Å². The van der Waals surface area contributed by atoms with Gasteiger partial charge in [-0.25, -0.2) is 4.72 Å². The molecule has 1 aliphatic rings. The molecule has 7 heteroatoms. The fourth-order valence-corrected chi connectivity index (χ4v) is 3.92. The van der Waals surface area contributed by atoms with Gasteiger partial charge in [-0.3, -0.25) is 0 Å². The van der Waals surface area contributed by atoms with Gasteiger partial charge < -0.3 is 4.74 Å². The lowest BCUT2D eigenvalue weighted by molar-refractivity contribution is -0.0833. The van der Waals surface area contributed by atoms with Crippen LogP contribution in [0.1, 0.15) is 40.5 Å². The first-order chi connectivity index (χ1) is 10.1. The summed E-state index contributed by atoms with van der Waals surface area (Å²) >= 11 is 0. The first-order valence-electron chi connectivity index (χ1n) is 7.80. The largest absolute Gasteiger partial charge is 0.377 e. The Hall–Kier alpha value is -0.680. The van der Waals surface area contributed by atoms with Crippen molar-refractivity contribution < 1.29 is 13.2 Å². The average molecular weight is 331 g/mol. The fraction of sp³-hybridized carbons (Fsp3) is 0.933. The van der Waals surface area contributed by atoms with Gasteiger partial charge in [0.1, 0.15) is 0 Å². The Morgan fingerprint density at radius 3 is 2.64 bits per heavy atom. The second-order valence-corrected chi connectivity index (χ2v) is 9.09. The van der Waals surface area contributed by atoms with E-state index in [0.717, 1.165) is 19.4 Å². The van der Waals surface area contributed by atoms with Gasteiger partial charge in [0.05, 0.1) is 18.1 Å². The summed E-state index contributed by atoms with van der Waals surface area (Å²) in [6, 6.07) is 2.05. The highest BCUT2D eigenvalue weighted by Crippen LogP contribution is 2.33. The van der Waals surface area contributed by atoms with Crippen molar-refractivity contribution >= 4 is 10.2 Å². The first-order valence-corrected chi connectivity index (χ1v) is 9.24. The summed E-state index contributed by atoms with van der Waals surface area (Å²) in [5.41, 5.74) is -0.0161. The molecular weight excluding hydrogens is 302 g/mol. The monoisotopic (exact) mass is 331 g/mol. The van der Waals surface area contributed by atoms with E-state index in [-0.39, 0.29) is 29.9 Å². The molecule has 1 N–H and O–H groups in total. The molecule has 0 aromatic carbocycles. The highest BCUT2D eigenvalue weighted by molar-refractivity contribution is 7.87. The van der Waals surface area contributed by atoms with E-state index in [0.29, 0.717) is 6.54 Å². The topological polar surface area (TPSA) is 82.4 Å². The van der Waals surface area contributed by atoms with Gasteiger partial charge in [-0.1, -0.05) is 20.8 Å². The van der Waals surface area contributed by atoms with Crippen molar-refractivity contribution in [1.29, 1.82) is 5.26 Å². The third kappa shape index (κ3) is 5.51. The van der Waals surface area contributed by atoms with E-state index in [9.17, 15) is 8.42 Å². The zero-order valence-corrected chi connectivity index (χ0v) is 15.1. The lowest BCUT2D eigenvalue weighted by Gasteiger charge is -2.40. The second kappa shape index (κ2) is 7.73. The molecule has 1 saturated heterocycles. The molecule has 0 amide bonds. The van der Waals surface area contributed by atoms with Gasteiger partial charge in [0.15, 0.2) is 0 Å². The Bertz CT molecular complexity index is 493. The van der Waals surface area contributed by atoms with Crippen LogP contribution in [-0.2, 0) is 14.9 Å². The van der Waals surface area contributed by atoms with Crippen molar-refractivity contribution in [2.45, 2.75) is 46.6 Å². The van der Waals surface area contributed by atoms with Crippen molar-refractivity contribution in [3.05, 3.63) is 0 Å². The van der Waals surface area contributed by atoms with Crippen molar-refractivity contribution in [2.75, 3.05) is 26.7 Å². The lowest BCUT2D eigenvalue weighted by Crippen LogP contribution is -2.48. The van der Waals surface area contributed by atoms with Crippen molar-refractivity contribution in [3.63, 3.8) is 0 Å². The molecule has 0 radical (unpaired) electrons. The van der Waals surface area contributed by atoms with Gasteiger partial charge in [-0.2, -0.15) is 18.0 Å². The molecule has 0 aliphatic carbocycles. The minimum atomic E-state index is -3.56. The smallest absolute Gasteiger partial charge is 0.279 e. The van der Waals surface area contributed by atoms with Crippen LogP contribution in [0.2, 0.25) is 0 Å². The van der Waals surface area contributed by atoms with E-state index in [1.54, 1.807) is 6.92 Å². The lowest BCUT2D eigenvalue weighted by atomic mass is 9.78. The summed E-state index contributed by atoms with van der Waals surface area (Å²) < 4.78 is 34.2. The van der Waals surface area contributed by atoms with E-state index in [2.05, 4.69) is 25.5 Å². The minimum Gasteiger partial charge on any atom is -0.377 e. The van der Waals surface area contributed by atoms with Crippen LogP contribution in [0.3, 0.4) is 0 Å². The Morgan fingerprint density at radius 1 is 1.45 bits per heavy atom. The summed E-state index contributed by atoms with van der Waals surface area (Å²) in [4.78, 5) is 0. The molecule has 3 atom stereocenters. The SMILES string of the molecule is C[C@H](C#N)CN(C)S(=O)(=O)NC[C@@H]1CCCO[C@H]1C(C)(C)C. The summed E-state index contributed by atoms with van der Waals surface area (Å²) in [6.07, 6.45) is 1.97. The van der Waals surface area contributed by atoms with Crippen LogP contribution < -0.4 is 4.72 Å². The van der Waals surface area contributed by atoms with Crippen LogP contribution in [-0.4, -0.2) is 45.6 Å². The standard InChI is InChI=1S/C15H29N3O3S/c1-12(9-16)11-18(5)22(19,20)17-10-13-7-6-8-21-14(13)15(2,3)4/h12-14,17H,6-8,10-11H2,1-5H3/t12-,13+,14-/m1/s1. The average Bonchev–Trinajstić information content (AvgIpc) is 2.44. The van der Waals surface area contributed by atoms with Gasteiger partial charge in [0, 0.05) is 26.7 Å². The van der Waals surface area contributed by atoms with E-state index >= 15 is 0 Å². The van der Waals surface area contributed by atoms with Crippen LogP contribution in [0.15, 0.2) is 0 Å².